The highest BCUT2D eigenvalue weighted by Crippen LogP contribution is 2.29. The van der Waals surface area contributed by atoms with Crippen molar-refractivity contribution in [1.82, 2.24) is 14.8 Å². The van der Waals surface area contributed by atoms with Crippen molar-refractivity contribution >= 4 is 10.9 Å². The molecule has 1 aromatic heterocycles. The molecule has 1 aliphatic heterocycles. The number of pyridine rings is 1. The molecular weight excluding hydrogens is 434 g/mol. The second-order valence-corrected chi connectivity index (χ2v) is 9.22. The Balaban J connectivity index is 1.18. The zero-order chi connectivity index (χ0) is 23.9. The van der Waals surface area contributed by atoms with Gasteiger partial charge in [0, 0.05) is 37.6 Å². The fourth-order valence-electron chi connectivity index (χ4n) is 4.98. The molecule has 1 unspecified atom stereocenters. The van der Waals surface area contributed by atoms with Crippen LogP contribution in [0.5, 0.6) is 5.88 Å². The highest BCUT2D eigenvalue weighted by atomic mass is 16.5. The minimum atomic E-state index is -0.561. The van der Waals surface area contributed by atoms with Crippen molar-refractivity contribution in [3.05, 3.63) is 108 Å². The van der Waals surface area contributed by atoms with E-state index in [9.17, 15) is 5.11 Å². The third-order valence-corrected chi connectivity index (χ3v) is 6.68. The Kier molecular flexibility index (Phi) is 7.69. The Hall–Kier alpha value is -3.25. The van der Waals surface area contributed by atoms with E-state index < -0.39 is 6.10 Å². The highest BCUT2D eigenvalue weighted by molar-refractivity contribution is 5.78. The van der Waals surface area contributed by atoms with Gasteiger partial charge in [0.15, 0.2) is 0 Å². The molecule has 1 saturated heterocycles. The molecule has 0 spiro atoms. The molecule has 4 aromatic rings. The number of aliphatic hydroxyl groups is 1. The summed E-state index contributed by atoms with van der Waals surface area (Å²) in [5.41, 5.74) is 3.55. The monoisotopic (exact) mass is 467 g/mol. The number of hydrogen-bond donors (Lipinski definition) is 1. The van der Waals surface area contributed by atoms with Crippen LogP contribution in [0.15, 0.2) is 97.1 Å². The van der Waals surface area contributed by atoms with Crippen LogP contribution < -0.4 is 4.74 Å². The normalized spacial score (nSPS) is 16.3. The summed E-state index contributed by atoms with van der Waals surface area (Å²) >= 11 is 0. The molecule has 2 heterocycles. The number of β-amino-alcohol motifs (C(OH)–C–C–N with tert-alkyl or cyclic N) is 1. The van der Waals surface area contributed by atoms with Gasteiger partial charge in [-0.3, -0.25) is 9.80 Å². The molecule has 180 valence electrons. The lowest BCUT2D eigenvalue weighted by molar-refractivity contribution is 0.0674. The van der Waals surface area contributed by atoms with Gasteiger partial charge in [-0.25, -0.2) is 4.98 Å². The number of benzene rings is 3. The van der Waals surface area contributed by atoms with Crippen LogP contribution in [0, 0.1) is 0 Å². The lowest BCUT2D eigenvalue weighted by atomic mass is 9.97. The van der Waals surface area contributed by atoms with Crippen LogP contribution in [0.2, 0.25) is 0 Å². The van der Waals surface area contributed by atoms with Crippen molar-refractivity contribution in [2.75, 3.05) is 39.3 Å². The Bertz CT molecular complexity index is 1160. The molecule has 35 heavy (non-hydrogen) atoms. The van der Waals surface area contributed by atoms with Gasteiger partial charge in [0.1, 0.15) is 12.7 Å². The van der Waals surface area contributed by atoms with Crippen LogP contribution in [0.4, 0.5) is 0 Å². The SMILES string of the molecule is OC(COc1ccc2ccccc2n1)CN1CCCN(C(c2ccccc2)c2ccccc2)CC1. The summed E-state index contributed by atoms with van der Waals surface area (Å²) in [5, 5.41) is 11.8. The van der Waals surface area contributed by atoms with Gasteiger partial charge in [0.2, 0.25) is 5.88 Å². The standard InChI is InChI=1S/C30H33N3O2/c34-27(23-35-29-17-16-24-10-7-8-15-28(24)31-29)22-32-18-9-19-33(21-20-32)30(25-11-3-1-4-12-25)26-13-5-2-6-14-26/h1-8,10-17,27,30,34H,9,18-23H2. The number of aromatic nitrogens is 1. The summed E-state index contributed by atoms with van der Waals surface area (Å²) in [5.74, 6) is 0.554. The van der Waals surface area contributed by atoms with Gasteiger partial charge < -0.3 is 9.84 Å². The third kappa shape index (κ3) is 6.06. The van der Waals surface area contributed by atoms with E-state index in [0.717, 1.165) is 43.5 Å². The van der Waals surface area contributed by atoms with Crippen LogP contribution in [0.1, 0.15) is 23.6 Å². The molecule has 5 rings (SSSR count). The molecule has 1 N–H and O–H groups in total. The maximum absolute atomic E-state index is 10.7. The number of nitrogens with zero attached hydrogens (tertiary/aromatic N) is 3. The number of fused-ring (bicyclic) bond motifs is 1. The summed E-state index contributed by atoms with van der Waals surface area (Å²) < 4.78 is 5.83. The fraction of sp³-hybridized carbons (Fsp3) is 0.300. The van der Waals surface area contributed by atoms with Gasteiger partial charge in [-0.15, -0.1) is 0 Å². The van der Waals surface area contributed by atoms with E-state index in [1.54, 1.807) is 0 Å². The van der Waals surface area contributed by atoms with Gasteiger partial charge >= 0.3 is 0 Å². The Morgan fingerprint density at radius 3 is 2.17 bits per heavy atom. The van der Waals surface area contributed by atoms with Crippen molar-refractivity contribution in [3.8, 4) is 5.88 Å². The van der Waals surface area contributed by atoms with Gasteiger partial charge in [0.05, 0.1) is 11.6 Å². The van der Waals surface area contributed by atoms with E-state index in [4.69, 9.17) is 4.74 Å². The van der Waals surface area contributed by atoms with E-state index >= 15 is 0 Å². The molecule has 0 radical (unpaired) electrons. The van der Waals surface area contributed by atoms with E-state index in [1.807, 2.05) is 36.4 Å². The molecular formula is C30H33N3O2. The van der Waals surface area contributed by atoms with E-state index in [2.05, 4.69) is 75.4 Å². The van der Waals surface area contributed by atoms with Gasteiger partial charge in [0.25, 0.3) is 0 Å². The smallest absolute Gasteiger partial charge is 0.213 e. The Labute approximate surface area is 207 Å². The molecule has 5 heteroatoms. The van der Waals surface area contributed by atoms with Gasteiger partial charge in [-0.2, -0.15) is 0 Å². The zero-order valence-electron chi connectivity index (χ0n) is 20.0. The molecule has 1 fully saturated rings. The zero-order valence-corrected chi connectivity index (χ0v) is 20.0. The lowest BCUT2D eigenvalue weighted by Crippen LogP contribution is -2.38. The summed E-state index contributed by atoms with van der Waals surface area (Å²) in [6.45, 7) is 4.71. The molecule has 0 saturated carbocycles. The van der Waals surface area contributed by atoms with Crippen LogP contribution in [0.3, 0.4) is 0 Å². The molecule has 0 bridgehead atoms. The quantitative estimate of drug-likeness (QED) is 0.404. The maximum atomic E-state index is 10.7. The first kappa shape index (κ1) is 23.5. The second kappa shape index (κ2) is 11.5. The molecule has 0 aliphatic carbocycles. The summed E-state index contributed by atoms with van der Waals surface area (Å²) in [7, 11) is 0. The second-order valence-electron chi connectivity index (χ2n) is 9.22. The minimum Gasteiger partial charge on any atom is -0.475 e. The van der Waals surface area contributed by atoms with Crippen molar-refractivity contribution < 1.29 is 9.84 Å². The molecule has 1 atom stereocenters. The first-order valence-corrected chi connectivity index (χ1v) is 12.5. The van der Waals surface area contributed by atoms with Crippen molar-refractivity contribution in [2.24, 2.45) is 0 Å². The van der Waals surface area contributed by atoms with E-state index in [-0.39, 0.29) is 12.6 Å². The molecule has 1 aliphatic rings. The summed E-state index contributed by atoms with van der Waals surface area (Å²) in [4.78, 5) is 9.47. The highest BCUT2D eigenvalue weighted by Gasteiger charge is 2.25. The Morgan fingerprint density at radius 2 is 1.43 bits per heavy atom. The molecule has 0 amide bonds. The maximum Gasteiger partial charge on any atom is 0.213 e. The van der Waals surface area contributed by atoms with Crippen molar-refractivity contribution in [1.29, 1.82) is 0 Å². The number of rotatable bonds is 8. The fourth-order valence-corrected chi connectivity index (χ4v) is 4.98. The molecule has 5 nitrogen and oxygen atoms in total. The van der Waals surface area contributed by atoms with E-state index in [1.165, 1.54) is 11.1 Å². The van der Waals surface area contributed by atoms with Crippen molar-refractivity contribution in [2.45, 2.75) is 18.6 Å². The molecule has 3 aromatic carbocycles. The van der Waals surface area contributed by atoms with Crippen LogP contribution in [-0.2, 0) is 0 Å². The first-order valence-electron chi connectivity index (χ1n) is 12.5. The van der Waals surface area contributed by atoms with Gasteiger partial charge in [-0.1, -0.05) is 78.9 Å². The predicted molar refractivity (Wildman–Crippen MR) is 141 cm³/mol. The predicted octanol–water partition coefficient (Wildman–Crippen LogP) is 4.77. The third-order valence-electron chi connectivity index (χ3n) is 6.68. The number of para-hydroxylation sites is 1. The van der Waals surface area contributed by atoms with Crippen molar-refractivity contribution in [3.63, 3.8) is 0 Å². The first-order chi connectivity index (χ1) is 17.3. The number of aliphatic hydroxyl groups excluding tert-OH is 1. The summed E-state index contributed by atoms with van der Waals surface area (Å²) in [6, 6.07) is 33.6. The van der Waals surface area contributed by atoms with Crippen LogP contribution >= 0.6 is 0 Å². The number of hydrogen-bond acceptors (Lipinski definition) is 5. The van der Waals surface area contributed by atoms with Crippen LogP contribution in [-0.4, -0.2) is 65.3 Å². The Morgan fingerprint density at radius 1 is 0.743 bits per heavy atom. The number of ether oxygens (including phenoxy) is 1. The summed E-state index contributed by atoms with van der Waals surface area (Å²) in [6.07, 6.45) is 0.504. The topological polar surface area (TPSA) is 48.8 Å². The van der Waals surface area contributed by atoms with E-state index in [0.29, 0.717) is 12.4 Å². The largest absolute Gasteiger partial charge is 0.475 e. The van der Waals surface area contributed by atoms with Crippen LogP contribution in [0.25, 0.3) is 10.9 Å². The lowest BCUT2D eigenvalue weighted by Gasteiger charge is -2.32. The minimum absolute atomic E-state index is 0.238. The average Bonchev–Trinajstić information content (AvgIpc) is 3.14. The van der Waals surface area contributed by atoms with Gasteiger partial charge in [-0.05, 0) is 36.2 Å². The average molecular weight is 468 g/mol.